The van der Waals surface area contributed by atoms with E-state index in [4.69, 9.17) is 0 Å². The molecule has 4 nitrogen and oxygen atoms in total. The molecular weight excluding hydrogens is 260 g/mol. The lowest BCUT2D eigenvalue weighted by molar-refractivity contribution is 0.0657. The van der Waals surface area contributed by atoms with E-state index in [9.17, 15) is 8.42 Å². The zero-order valence-electron chi connectivity index (χ0n) is 11.8. The third kappa shape index (κ3) is 2.83. The van der Waals surface area contributed by atoms with E-state index in [1.807, 2.05) is 33.2 Å². The Bertz CT molecular complexity index is 548. The predicted molar refractivity (Wildman–Crippen MR) is 76.6 cm³/mol. The van der Waals surface area contributed by atoms with Crippen LogP contribution in [-0.4, -0.2) is 39.5 Å². The Morgan fingerprint density at radius 1 is 1.26 bits per heavy atom. The van der Waals surface area contributed by atoms with Crippen LogP contribution in [0.5, 0.6) is 0 Å². The molecule has 1 N–H and O–H groups in total. The summed E-state index contributed by atoms with van der Waals surface area (Å²) in [5.41, 5.74) is 0.776. The molecule has 2 rings (SSSR count). The highest BCUT2D eigenvalue weighted by atomic mass is 32.2. The summed E-state index contributed by atoms with van der Waals surface area (Å²) < 4.78 is 27.4. The Labute approximate surface area is 115 Å². The molecule has 0 aliphatic heterocycles. The summed E-state index contributed by atoms with van der Waals surface area (Å²) >= 11 is 0. The third-order valence-electron chi connectivity index (χ3n) is 4.21. The fourth-order valence-corrected chi connectivity index (χ4v) is 3.90. The molecule has 1 aromatic rings. The molecule has 0 atom stereocenters. The average Bonchev–Trinajstić information content (AvgIpc) is 2.27. The molecule has 0 heterocycles. The zero-order valence-corrected chi connectivity index (χ0v) is 12.6. The molecule has 1 fully saturated rings. The van der Waals surface area contributed by atoms with Crippen LogP contribution in [0.2, 0.25) is 0 Å². The van der Waals surface area contributed by atoms with Crippen molar-refractivity contribution in [3.8, 4) is 0 Å². The van der Waals surface area contributed by atoms with Crippen LogP contribution in [0.3, 0.4) is 0 Å². The smallest absolute Gasteiger partial charge is 0.240 e. The number of hydrogen-bond donors (Lipinski definition) is 1. The Kier molecular flexibility index (Phi) is 3.99. The molecule has 5 heteroatoms. The number of aryl methyl sites for hydroxylation is 1. The third-order valence-corrected chi connectivity index (χ3v) is 5.77. The molecule has 0 radical (unpaired) electrons. The number of nitrogens with zero attached hydrogens (tertiary/aromatic N) is 1. The van der Waals surface area contributed by atoms with Gasteiger partial charge in [-0.25, -0.2) is 13.1 Å². The highest BCUT2D eigenvalue weighted by Gasteiger charge is 2.39. The normalized spacial score (nSPS) is 18.3. The van der Waals surface area contributed by atoms with E-state index in [1.54, 1.807) is 12.1 Å². The second kappa shape index (κ2) is 5.23. The number of likely N-dealkylation sites (N-methyl/N-ethyl adjacent to an activating group) is 1. The van der Waals surface area contributed by atoms with Crippen LogP contribution in [0.15, 0.2) is 29.2 Å². The number of nitrogens with one attached hydrogen (secondary N) is 1. The quantitative estimate of drug-likeness (QED) is 0.895. The molecule has 1 aliphatic rings. The van der Waals surface area contributed by atoms with Gasteiger partial charge >= 0.3 is 0 Å². The van der Waals surface area contributed by atoms with E-state index in [0.29, 0.717) is 11.4 Å². The van der Waals surface area contributed by atoms with E-state index < -0.39 is 10.0 Å². The van der Waals surface area contributed by atoms with Crippen molar-refractivity contribution in [2.24, 2.45) is 0 Å². The standard InChI is InChI=1S/C14H22N2O2S/c1-12-7-4-5-8-13(12)19(17,18)15-11-14(16(2)3)9-6-10-14/h4-5,7-8,15H,6,9-11H2,1-3H3. The molecular formula is C14H22N2O2S. The van der Waals surface area contributed by atoms with E-state index >= 15 is 0 Å². The summed E-state index contributed by atoms with van der Waals surface area (Å²) in [6.07, 6.45) is 3.27. The van der Waals surface area contributed by atoms with Crippen LogP contribution in [0.1, 0.15) is 24.8 Å². The first-order valence-corrected chi connectivity index (χ1v) is 8.08. The Morgan fingerprint density at radius 3 is 2.37 bits per heavy atom. The monoisotopic (exact) mass is 282 g/mol. The molecule has 1 saturated carbocycles. The minimum Gasteiger partial charge on any atom is -0.302 e. The van der Waals surface area contributed by atoms with Crippen LogP contribution in [0.4, 0.5) is 0 Å². The second-order valence-corrected chi connectivity index (χ2v) is 7.30. The number of hydrogen-bond acceptors (Lipinski definition) is 3. The number of benzene rings is 1. The molecule has 0 amide bonds. The Balaban J connectivity index is 2.13. The Morgan fingerprint density at radius 2 is 1.89 bits per heavy atom. The van der Waals surface area contributed by atoms with Gasteiger partial charge in [-0.05, 0) is 51.9 Å². The maximum absolute atomic E-state index is 12.3. The largest absolute Gasteiger partial charge is 0.302 e. The van der Waals surface area contributed by atoms with Gasteiger partial charge in [0.2, 0.25) is 10.0 Å². The van der Waals surface area contributed by atoms with Gasteiger partial charge in [0.05, 0.1) is 4.90 Å². The summed E-state index contributed by atoms with van der Waals surface area (Å²) in [6.45, 7) is 2.30. The SMILES string of the molecule is Cc1ccccc1S(=O)(=O)NCC1(N(C)C)CCC1. The number of sulfonamides is 1. The first-order valence-electron chi connectivity index (χ1n) is 6.60. The molecule has 0 bridgehead atoms. The molecule has 1 aromatic carbocycles. The van der Waals surface area contributed by atoms with Crippen LogP contribution in [-0.2, 0) is 10.0 Å². The van der Waals surface area contributed by atoms with Crippen LogP contribution >= 0.6 is 0 Å². The maximum Gasteiger partial charge on any atom is 0.240 e. The minimum atomic E-state index is -3.41. The van der Waals surface area contributed by atoms with Crippen LogP contribution in [0.25, 0.3) is 0 Å². The first-order chi connectivity index (χ1) is 8.87. The molecule has 1 aliphatic carbocycles. The lowest BCUT2D eigenvalue weighted by Crippen LogP contribution is -2.57. The molecule has 19 heavy (non-hydrogen) atoms. The summed E-state index contributed by atoms with van der Waals surface area (Å²) in [7, 11) is 0.620. The molecule has 0 aromatic heterocycles. The van der Waals surface area contributed by atoms with Gasteiger partial charge in [-0.3, -0.25) is 0 Å². The highest BCUT2D eigenvalue weighted by molar-refractivity contribution is 7.89. The minimum absolute atomic E-state index is 0.00421. The van der Waals surface area contributed by atoms with Crippen molar-refractivity contribution in [1.82, 2.24) is 9.62 Å². The summed E-state index contributed by atoms with van der Waals surface area (Å²) in [4.78, 5) is 2.51. The van der Waals surface area contributed by atoms with Crippen molar-refractivity contribution in [1.29, 1.82) is 0 Å². The van der Waals surface area contributed by atoms with Gasteiger partial charge in [0.1, 0.15) is 0 Å². The van der Waals surface area contributed by atoms with Gasteiger partial charge in [-0.2, -0.15) is 0 Å². The van der Waals surface area contributed by atoms with E-state index in [2.05, 4.69) is 9.62 Å². The summed E-state index contributed by atoms with van der Waals surface area (Å²) in [6, 6.07) is 7.08. The van der Waals surface area contributed by atoms with Gasteiger partial charge in [0, 0.05) is 12.1 Å². The van der Waals surface area contributed by atoms with Gasteiger partial charge in [-0.15, -0.1) is 0 Å². The van der Waals surface area contributed by atoms with E-state index in [0.717, 1.165) is 18.4 Å². The topological polar surface area (TPSA) is 49.4 Å². The van der Waals surface area contributed by atoms with Crippen LogP contribution < -0.4 is 4.72 Å². The molecule has 0 spiro atoms. The van der Waals surface area contributed by atoms with Crippen molar-refractivity contribution in [3.63, 3.8) is 0 Å². The van der Waals surface area contributed by atoms with Gasteiger partial charge in [0.25, 0.3) is 0 Å². The summed E-state index contributed by atoms with van der Waals surface area (Å²) in [5, 5.41) is 0. The van der Waals surface area contributed by atoms with Gasteiger partial charge in [-0.1, -0.05) is 18.2 Å². The predicted octanol–water partition coefficient (Wildman–Crippen LogP) is 1.76. The van der Waals surface area contributed by atoms with Gasteiger partial charge in [0.15, 0.2) is 0 Å². The first kappa shape index (κ1) is 14.5. The lowest BCUT2D eigenvalue weighted by Gasteiger charge is -2.47. The van der Waals surface area contributed by atoms with E-state index in [-0.39, 0.29) is 5.54 Å². The lowest BCUT2D eigenvalue weighted by atomic mass is 9.76. The van der Waals surface area contributed by atoms with Gasteiger partial charge < -0.3 is 4.90 Å². The highest BCUT2D eigenvalue weighted by Crippen LogP contribution is 2.35. The zero-order chi connectivity index (χ0) is 14.1. The summed E-state index contributed by atoms with van der Waals surface area (Å²) in [5.74, 6) is 0. The average molecular weight is 282 g/mol. The fraction of sp³-hybridized carbons (Fsp3) is 0.571. The molecule has 0 unspecified atom stereocenters. The van der Waals surface area contributed by atoms with Crippen molar-refractivity contribution in [2.75, 3.05) is 20.6 Å². The molecule has 106 valence electrons. The van der Waals surface area contributed by atoms with Crippen molar-refractivity contribution < 1.29 is 8.42 Å². The number of rotatable bonds is 5. The molecule has 0 saturated heterocycles. The van der Waals surface area contributed by atoms with Crippen molar-refractivity contribution in [2.45, 2.75) is 36.6 Å². The second-order valence-electron chi connectivity index (χ2n) is 5.56. The van der Waals surface area contributed by atoms with Crippen molar-refractivity contribution in [3.05, 3.63) is 29.8 Å². The maximum atomic E-state index is 12.3. The fourth-order valence-electron chi connectivity index (χ4n) is 2.53. The van der Waals surface area contributed by atoms with Crippen LogP contribution in [0, 0.1) is 6.92 Å². The van der Waals surface area contributed by atoms with Crippen molar-refractivity contribution >= 4 is 10.0 Å². The Hall–Kier alpha value is -0.910. The van der Waals surface area contributed by atoms with E-state index in [1.165, 1.54) is 6.42 Å².